The van der Waals surface area contributed by atoms with Crippen molar-refractivity contribution in [3.8, 4) is 0 Å². The molecule has 0 bridgehead atoms. The minimum absolute atomic E-state index is 0.224. The van der Waals surface area contributed by atoms with Gasteiger partial charge in [-0.15, -0.1) is 0 Å². The molecule has 8 nitrogen and oxygen atoms in total. The van der Waals surface area contributed by atoms with Crippen LogP contribution in [0.5, 0.6) is 0 Å². The van der Waals surface area contributed by atoms with Gasteiger partial charge in [-0.25, -0.2) is 4.79 Å². The number of nitrogens with zero attached hydrogens (tertiary/aromatic N) is 4. The van der Waals surface area contributed by atoms with E-state index in [1.807, 2.05) is 18.2 Å². The summed E-state index contributed by atoms with van der Waals surface area (Å²) in [6, 6.07) is 8.02. The molecular weight excluding hydrogens is 372 g/mol. The summed E-state index contributed by atoms with van der Waals surface area (Å²) in [6.07, 6.45) is 4.25. The molecule has 0 N–H and O–H groups in total. The van der Waals surface area contributed by atoms with Crippen molar-refractivity contribution in [2.45, 2.75) is 6.54 Å². The molecule has 1 saturated heterocycles. The number of carbonyl (C=O) groups is 1. The standard InChI is InChI=1S/C21H26N4O4/c1-22(14-16-6-4-5-7-18(16)25-10-12-29-13-11-25)19(26)9-8-17-15-23(2)21(28)24(3)20(17)27/h4-9,15H,10-14H2,1-3H3/b9-8+. The zero-order valence-corrected chi connectivity index (χ0v) is 17.0. The Labute approximate surface area is 169 Å². The Morgan fingerprint density at radius 2 is 1.86 bits per heavy atom. The van der Waals surface area contributed by atoms with Crippen LogP contribution in [0.3, 0.4) is 0 Å². The number of rotatable bonds is 5. The molecule has 1 aliphatic rings. The van der Waals surface area contributed by atoms with Gasteiger partial charge in [0.2, 0.25) is 5.91 Å². The van der Waals surface area contributed by atoms with E-state index in [1.165, 1.54) is 30.0 Å². The molecule has 2 aromatic rings. The van der Waals surface area contributed by atoms with Gasteiger partial charge in [0, 0.05) is 58.7 Å². The molecule has 1 fully saturated rings. The molecule has 0 unspecified atom stereocenters. The van der Waals surface area contributed by atoms with Crippen molar-refractivity contribution < 1.29 is 9.53 Å². The van der Waals surface area contributed by atoms with Crippen molar-refractivity contribution in [3.63, 3.8) is 0 Å². The monoisotopic (exact) mass is 398 g/mol. The van der Waals surface area contributed by atoms with Gasteiger partial charge in [-0.3, -0.25) is 14.2 Å². The van der Waals surface area contributed by atoms with Gasteiger partial charge < -0.3 is 19.1 Å². The van der Waals surface area contributed by atoms with Crippen LogP contribution in [0, 0.1) is 0 Å². The maximum atomic E-state index is 12.6. The lowest BCUT2D eigenvalue weighted by atomic mass is 10.1. The van der Waals surface area contributed by atoms with Gasteiger partial charge in [0.05, 0.1) is 18.8 Å². The molecule has 0 radical (unpaired) electrons. The Morgan fingerprint density at radius 3 is 2.59 bits per heavy atom. The van der Waals surface area contributed by atoms with Crippen LogP contribution < -0.4 is 16.1 Å². The molecule has 1 aromatic carbocycles. The van der Waals surface area contributed by atoms with E-state index in [9.17, 15) is 14.4 Å². The fourth-order valence-electron chi connectivity index (χ4n) is 3.33. The van der Waals surface area contributed by atoms with Crippen LogP contribution in [0.1, 0.15) is 11.1 Å². The van der Waals surface area contributed by atoms with E-state index in [4.69, 9.17) is 4.74 Å². The summed E-state index contributed by atoms with van der Waals surface area (Å²) in [4.78, 5) is 40.4. The SMILES string of the molecule is CN(Cc1ccccc1N1CCOCC1)C(=O)/C=C/c1cn(C)c(=O)n(C)c1=O. The van der Waals surface area contributed by atoms with Gasteiger partial charge in [0.25, 0.3) is 5.56 Å². The Morgan fingerprint density at radius 1 is 1.17 bits per heavy atom. The minimum Gasteiger partial charge on any atom is -0.378 e. The Kier molecular flexibility index (Phi) is 6.33. The molecule has 1 aliphatic heterocycles. The molecule has 2 heterocycles. The number of hydrogen-bond acceptors (Lipinski definition) is 5. The van der Waals surface area contributed by atoms with E-state index >= 15 is 0 Å². The fraction of sp³-hybridized carbons (Fsp3) is 0.381. The number of amides is 1. The molecule has 0 saturated carbocycles. The Balaban J connectivity index is 1.75. The first-order valence-electron chi connectivity index (χ1n) is 9.49. The van der Waals surface area contributed by atoms with Crippen molar-refractivity contribution in [2.75, 3.05) is 38.3 Å². The number of likely N-dealkylation sites (N-methyl/N-ethyl adjacent to an activating group) is 1. The van der Waals surface area contributed by atoms with Crippen LogP contribution in [0.15, 0.2) is 46.1 Å². The largest absolute Gasteiger partial charge is 0.378 e. The molecule has 1 amide bonds. The van der Waals surface area contributed by atoms with Crippen LogP contribution in [-0.2, 0) is 30.2 Å². The fourth-order valence-corrected chi connectivity index (χ4v) is 3.33. The van der Waals surface area contributed by atoms with Crippen molar-refractivity contribution in [1.82, 2.24) is 14.0 Å². The lowest BCUT2D eigenvalue weighted by Gasteiger charge is -2.31. The zero-order chi connectivity index (χ0) is 21.0. The summed E-state index contributed by atoms with van der Waals surface area (Å²) in [5.74, 6) is -0.224. The van der Waals surface area contributed by atoms with Gasteiger partial charge in [-0.05, 0) is 17.7 Å². The molecule has 0 spiro atoms. The number of hydrogen-bond donors (Lipinski definition) is 0. The first kappa shape index (κ1) is 20.6. The number of morpholine rings is 1. The highest BCUT2D eigenvalue weighted by molar-refractivity contribution is 5.91. The van der Waals surface area contributed by atoms with E-state index < -0.39 is 11.2 Å². The average Bonchev–Trinajstić information content (AvgIpc) is 2.74. The molecule has 154 valence electrons. The second-order valence-electron chi connectivity index (χ2n) is 7.10. The van der Waals surface area contributed by atoms with Crippen LogP contribution in [0.25, 0.3) is 6.08 Å². The second-order valence-corrected chi connectivity index (χ2v) is 7.10. The number of ether oxygens (including phenoxy) is 1. The van der Waals surface area contributed by atoms with E-state index in [0.29, 0.717) is 19.8 Å². The van der Waals surface area contributed by atoms with E-state index in [0.717, 1.165) is 28.9 Å². The van der Waals surface area contributed by atoms with Crippen LogP contribution in [-0.4, -0.2) is 53.3 Å². The van der Waals surface area contributed by atoms with Crippen molar-refractivity contribution in [3.05, 3.63) is 68.5 Å². The van der Waals surface area contributed by atoms with E-state index in [-0.39, 0.29) is 11.5 Å². The lowest BCUT2D eigenvalue weighted by Crippen LogP contribution is -2.37. The summed E-state index contributed by atoms with van der Waals surface area (Å²) >= 11 is 0. The number of carbonyl (C=O) groups excluding carboxylic acids is 1. The number of aryl methyl sites for hydroxylation is 1. The maximum absolute atomic E-state index is 12.6. The summed E-state index contributed by atoms with van der Waals surface area (Å²) in [5.41, 5.74) is 1.60. The predicted molar refractivity (Wildman–Crippen MR) is 112 cm³/mol. The zero-order valence-electron chi connectivity index (χ0n) is 17.0. The van der Waals surface area contributed by atoms with E-state index in [1.54, 1.807) is 19.0 Å². The molecule has 3 rings (SSSR count). The average molecular weight is 398 g/mol. The maximum Gasteiger partial charge on any atom is 0.330 e. The van der Waals surface area contributed by atoms with Gasteiger partial charge in [0.1, 0.15) is 0 Å². The van der Waals surface area contributed by atoms with Crippen molar-refractivity contribution >= 4 is 17.7 Å². The summed E-state index contributed by atoms with van der Waals surface area (Å²) in [5, 5.41) is 0. The Bertz CT molecular complexity index is 1030. The normalized spacial score (nSPS) is 14.4. The summed E-state index contributed by atoms with van der Waals surface area (Å²) in [6.45, 7) is 3.48. The third-order valence-electron chi connectivity index (χ3n) is 5.01. The molecule has 1 aromatic heterocycles. The highest BCUT2D eigenvalue weighted by atomic mass is 16.5. The lowest BCUT2D eigenvalue weighted by molar-refractivity contribution is -0.125. The van der Waals surface area contributed by atoms with Crippen molar-refractivity contribution in [2.24, 2.45) is 14.1 Å². The number of anilines is 1. The first-order chi connectivity index (χ1) is 13.9. The van der Waals surface area contributed by atoms with Crippen LogP contribution >= 0.6 is 0 Å². The van der Waals surface area contributed by atoms with Crippen LogP contribution in [0.2, 0.25) is 0 Å². The number of aromatic nitrogens is 2. The summed E-state index contributed by atoms with van der Waals surface area (Å²) < 4.78 is 7.76. The van der Waals surface area contributed by atoms with Crippen LogP contribution in [0.4, 0.5) is 5.69 Å². The second kappa shape index (κ2) is 8.91. The molecule has 29 heavy (non-hydrogen) atoms. The third kappa shape index (κ3) is 4.65. The van der Waals surface area contributed by atoms with Crippen molar-refractivity contribution in [1.29, 1.82) is 0 Å². The van der Waals surface area contributed by atoms with Gasteiger partial charge in [-0.2, -0.15) is 0 Å². The third-order valence-corrected chi connectivity index (χ3v) is 5.01. The summed E-state index contributed by atoms with van der Waals surface area (Å²) in [7, 11) is 4.70. The highest BCUT2D eigenvalue weighted by Gasteiger charge is 2.16. The molecular formula is C21H26N4O4. The van der Waals surface area contributed by atoms with Gasteiger partial charge in [-0.1, -0.05) is 18.2 Å². The molecule has 0 aliphatic carbocycles. The van der Waals surface area contributed by atoms with Gasteiger partial charge in [0.15, 0.2) is 0 Å². The van der Waals surface area contributed by atoms with E-state index in [2.05, 4.69) is 11.0 Å². The van der Waals surface area contributed by atoms with Gasteiger partial charge >= 0.3 is 5.69 Å². The Hall–Kier alpha value is -3.13. The number of benzene rings is 1. The smallest absolute Gasteiger partial charge is 0.330 e. The first-order valence-corrected chi connectivity index (χ1v) is 9.49. The predicted octanol–water partition coefficient (Wildman–Crippen LogP) is 0.592. The number of para-hydroxylation sites is 1. The molecule has 8 heteroatoms. The quantitative estimate of drug-likeness (QED) is 0.689. The minimum atomic E-state index is -0.433. The molecule has 0 atom stereocenters. The highest BCUT2D eigenvalue weighted by Crippen LogP contribution is 2.22. The topological polar surface area (TPSA) is 76.8 Å².